The number of rotatable bonds is 4. The second kappa shape index (κ2) is 6.16. The van der Waals surface area contributed by atoms with Crippen molar-refractivity contribution in [2.45, 2.75) is 38.5 Å². The lowest BCUT2D eigenvalue weighted by molar-refractivity contribution is -1.18. The molecule has 0 spiro atoms. The van der Waals surface area contributed by atoms with Gasteiger partial charge in [-0.3, -0.25) is 14.6 Å². The molecule has 0 aromatic heterocycles. The fourth-order valence-corrected chi connectivity index (χ4v) is 6.20. The lowest BCUT2D eigenvalue weighted by Gasteiger charge is -2.59. The molecule has 2 N–H and O–H groups in total. The standard InChI is InChI=1S/C24H28N2O2/c1-17(2)28-20-11-9-18(10-12-20)21-25-13-23(3)14-26(21)16-24(15-25,22(23)27)19-7-5-4-6-8-19/h4-12,17,21H,13-16H2,1-3H3/p+2. The third-order valence-corrected chi connectivity index (χ3v) is 7.00. The molecular weight excluding hydrogens is 348 g/mol. The summed E-state index contributed by atoms with van der Waals surface area (Å²) >= 11 is 0. The quantitative estimate of drug-likeness (QED) is 0.825. The third kappa shape index (κ3) is 2.55. The number of carbonyl (C=O) groups is 1. The van der Waals surface area contributed by atoms with Crippen molar-refractivity contribution >= 4 is 5.78 Å². The molecule has 2 aromatic carbocycles. The number of hydrogen-bond acceptors (Lipinski definition) is 2. The van der Waals surface area contributed by atoms with E-state index in [-0.39, 0.29) is 16.9 Å². The van der Waals surface area contributed by atoms with Crippen LogP contribution < -0.4 is 14.5 Å². The van der Waals surface area contributed by atoms with Crippen molar-refractivity contribution in [3.63, 3.8) is 0 Å². The molecule has 2 aromatic rings. The minimum Gasteiger partial charge on any atom is -0.491 e. The number of ketones is 1. The minimum absolute atomic E-state index is 0.187. The van der Waals surface area contributed by atoms with Crippen LogP contribution in [0.4, 0.5) is 0 Å². The number of quaternary nitrogens is 2. The molecule has 2 atom stereocenters. The molecule has 0 saturated carbocycles. The summed E-state index contributed by atoms with van der Waals surface area (Å²) in [5, 5.41) is 0. The summed E-state index contributed by atoms with van der Waals surface area (Å²) in [4.78, 5) is 16.7. The van der Waals surface area contributed by atoms with E-state index in [4.69, 9.17) is 4.74 Å². The summed E-state index contributed by atoms with van der Waals surface area (Å²) in [5.41, 5.74) is 2.03. The van der Waals surface area contributed by atoms with Gasteiger partial charge in [0, 0.05) is 0 Å². The molecule has 4 bridgehead atoms. The first-order valence-corrected chi connectivity index (χ1v) is 10.5. The normalized spacial score (nSPS) is 36.1. The molecule has 4 aliphatic heterocycles. The Morgan fingerprint density at radius 1 is 0.929 bits per heavy atom. The Balaban J connectivity index is 1.49. The number of nitrogens with one attached hydrogen (secondary N) is 2. The van der Waals surface area contributed by atoms with Crippen LogP contribution in [0.2, 0.25) is 0 Å². The predicted octanol–water partition coefficient (Wildman–Crippen LogP) is 0.796. The fourth-order valence-electron chi connectivity index (χ4n) is 6.20. The van der Waals surface area contributed by atoms with Gasteiger partial charge < -0.3 is 4.74 Å². The number of benzene rings is 2. The van der Waals surface area contributed by atoms with Gasteiger partial charge in [0.25, 0.3) is 0 Å². The van der Waals surface area contributed by atoms with Crippen LogP contribution in [0, 0.1) is 5.41 Å². The molecule has 4 heterocycles. The molecule has 0 aliphatic carbocycles. The van der Waals surface area contributed by atoms with E-state index < -0.39 is 0 Å². The maximum atomic E-state index is 13.6. The second-order valence-corrected chi connectivity index (χ2v) is 9.53. The van der Waals surface area contributed by atoms with Gasteiger partial charge in [0.1, 0.15) is 37.3 Å². The second-order valence-electron chi connectivity index (χ2n) is 9.53. The minimum atomic E-state index is -0.325. The molecule has 6 rings (SSSR count). The van der Waals surface area contributed by atoms with Gasteiger partial charge in [-0.2, -0.15) is 0 Å². The summed E-state index contributed by atoms with van der Waals surface area (Å²) in [6, 6.07) is 19.1. The van der Waals surface area contributed by atoms with Gasteiger partial charge in [0.15, 0.2) is 11.2 Å². The third-order valence-electron chi connectivity index (χ3n) is 7.00. The molecule has 2 unspecified atom stereocenters. The van der Waals surface area contributed by atoms with Gasteiger partial charge in [0.2, 0.25) is 6.17 Å². The van der Waals surface area contributed by atoms with Crippen LogP contribution in [0.5, 0.6) is 5.75 Å². The average molecular weight is 379 g/mol. The van der Waals surface area contributed by atoms with E-state index in [0.717, 1.165) is 31.9 Å². The lowest BCUT2D eigenvalue weighted by atomic mass is 9.58. The van der Waals surface area contributed by atoms with E-state index >= 15 is 0 Å². The zero-order valence-electron chi connectivity index (χ0n) is 17.0. The van der Waals surface area contributed by atoms with Crippen molar-refractivity contribution in [3.05, 3.63) is 65.7 Å². The maximum Gasteiger partial charge on any atom is 0.240 e. The first kappa shape index (κ1) is 17.9. The largest absolute Gasteiger partial charge is 0.491 e. The molecule has 4 saturated heterocycles. The lowest BCUT2D eigenvalue weighted by Crippen LogP contribution is -3.41. The highest BCUT2D eigenvalue weighted by molar-refractivity contribution is 5.96. The highest BCUT2D eigenvalue weighted by Crippen LogP contribution is 2.39. The summed E-state index contributed by atoms with van der Waals surface area (Å²) in [5.74, 6) is 1.40. The van der Waals surface area contributed by atoms with Crippen molar-refractivity contribution in [1.29, 1.82) is 0 Å². The molecule has 0 radical (unpaired) electrons. The summed E-state index contributed by atoms with van der Waals surface area (Å²) in [6.07, 6.45) is 0.596. The van der Waals surface area contributed by atoms with Crippen LogP contribution in [0.25, 0.3) is 0 Å². The summed E-state index contributed by atoms with van der Waals surface area (Å²) < 4.78 is 5.82. The Bertz CT molecular complexity index is 875. The number of piperidine rings is 2. The maximum absolute atomic E-state index is 13.6. The predicted molar refractivity (Wildman–Crippen MR) is 108 cm³/mol. The summed E-state index contributed by atoms with van der Waals surface area (Å²) in [6.45, 7) is 10.0. The Hall–Kier alpha value is -2.17. The van der Waals surface area contributed by atoms with E-state index in [9.17, 15) is 4.79 Å². The molecule has 4 heteroatoms. The number of Topliss-reactive ketones (excluding diaryl/α,β-unsaturated/α-hetero) is 1. The van der Waals surface area contributed by atoms with Crippen molar-refractivity contribution < 1.29 is 19.3 Å². The Labute approximate surface area is 167 Å². The van der Waals surface area contributed by atoms with Crippen molar-refractivity contribution in [2.75, 3.05) is 26.2 Å². The first-order valence-electron chi connectivity index (χ1n) is 10.5. The van der Waals surface area contributed by atoms with Crippen molar-refractivity contribution in [2.24, 2.45) is 5.41 Å². The smallest absolute Gasteiger partial charge is 0.240 e. The van der Waals surface area contributed by atoms with Crippen LogP contribution in [0.3, 0.4) is 0 Å². The Morgan fingerprint density at radius 3 is 2.11 bits per heavy atom. The molecule has 146 valence electrons. The van der Waals surface area contributed by atoms with E-state index in [2.05, 4.69) is 69.3 Å². The van der Waals surface area contributed by atoms with Crippen molar-refractivity contribution in [3.8, 4) is 5.75 Å². The van der Waals surface area contributed by atoms with Crippen LogP contribution in [0.15, 0.2) is 54.6 Å². The topological polar surface area (TPSA) is 35.2 Å². The van der Waals surface area contributed by atoms with E-state index in [0.29, 0.717) is 11.9 Å². The summed E-state index contributed by atoms with van der Waals surface area (Å²) in [7, 11) is 0. The van der Waals surface area contributed by atoms with Gasteiger partial charge in [0.05, 0.1) is 11.7 Å². The highest BCUT2D eigenvalue weighted by Gasteiger charge is 2.70. The Kier molecular flexibility index (Phi) is 3.94. The van der Waals surface area contributed by atoms with Gasteiger partial charge >= 0.3 is 0 Å². The van der Waals surface area contributed by atoms with E-state index in [1.165, 1.54) is 11.1 Å². The van der Waals surface area contributed by atoms with Crippen LogP contribution in [-0.4, -0.2) is 38.1 Å². The molecule has 28 heavy (non-hydrogen) atoms. The van der Waals surface area contributed by atoms with E-state index in [1.807, 2.05) is 6.07 Å². The molecular formula is C24H30N2O2+2. The van der Waals surface area contributed by atoms with Crippen LogP contribution in [0.1, 0.15) is 38.1 Å². The van der Waals surface area contributed by atoms with Gasteiger partial charge in [-0.1, -0.05) is 30.3 Å². The number of ether oxygens (including phenoxy) is 1. The van der Waals surface area contributed by atoms with Gasteiger partial charge in [-0.15, -0.1) is 0 Å². The highest BCUT2D eigenvalue weighted by atomic mass is 16.5. The van der Waals surface area contributed by atoms with Gasteiger partial charge in [-0.25, -0.2) is 0 Å². The van der Waals surface area contributed by atoms with Gasteiger partial charge in [-0.05, 0) is 50.6 Å². The van der Waals surface area contributed by atoms with Crippen molar-refractivity contribution in [1.82, 2.24) is 0 Å². The number of hydrogen-bond donors (Lipinski definition) is 2. The molecule has 0 amide bonds. The zero-order valence-corrected chi connectivity index (χ0v) is 17.0. The molecule has 4 nitrogen and oxygen atoms in total. The molecule has 4 aliphatic rings. The van der Waals surface area contributed by atoms with Crippen LogP contribution in [-0.2, 0) is 10.2 Å². The average Bonchev–Trinajstić information content (AvgIpc) is 2.66. The first-order chi connectivity index (χ1) is 13.4. The Morgan fingerprint density at radius 2 is 1.54 bits per heavy atom. The number of carbonyl (C=O) groups excluding carboxylic acids is 1. The van der Waals surface area contributed by atoms with E-state index in [1.54, 1.807) is 9.80 Å². The van der Waals surface area contributed by atoms with Crippen LogP contribution >= 0.6 is 0 Å². The SMILES string of the molecule is CC(C)Oc1ccc(C2[NH+]3CC4(C)C[NH+]2CC(c2ccccc2)(C3)C4=O)cc1. The zero-order chi connectivity index (χ0) is 19.5. The monoisotopic (exact) mass is 378 g/mol. The fraction of sp³-hybridized carbons (Fsp3) is 0.458. The molecule has 4 fully saturated rings.